The minimum atomic E-state index is -0.446. The van der Waals surface area contributed by atoms with Gasteiger partial charge in [0.15, 0.2) is 0 Å². The van der Waals surface area contributed by atoms with Gasteiger partial charge in [-0.3, -0.25) is 19.8 Å². The molecule has 0 radical (unpaired) electrons. The van der Waals surface area contributed by atoms with Crippen molar-refractivity contribution < 1.29 is 9.72 Å². The standard InChI is InChI=1S/C26H26N4O3S/c1-19(20-12-14-23(15-13-20)30(32)33)27-28-25(31)18-34-24-16-29(17-24)26(21-8-4-2-5-9-21)22-10-6-3-7-11-22/h2-15,24,26H,16-18H2,1H3,(H,28,31). The van der Waals surface area contributed by atoms with Crippen molar-refractivity contribution in [1.82, 2.24) is 10.3 Å². The summed E-state index contributed by atoms with van der Waals surface area (Å²) in [5.74, 6) is 0.170. The van der Waals surface area contributed by atoms with Crippen LogP contribution in [-0.2, 0) is 4.79 Å². The van der Waals surface area contributed by atoms with Crippen LogP contribution in [0.4, 0.5) is 5.69 Å². The maximum Gasteiger partial charge on any atom is 0.269 e. The lowest BCUT2D eigenvalue weighted by Gasteiger charge is -2.44. The molecule has 0 aromatic heterocycles. The molecule has 34 heavy (non-hydrogen) atoms. The summed E-state index contributed by atoms with van der Waals surface area (Å²) < 4.78 is 0. The Hall–Kier alpha value is -3.49. The second-order valence-corrected chi connectivity index (χ2v) is 9.44. The van der Waals surface area contributed by atoms with Crippen LogP contribution in [0.25, 0.3) is 0 Å². The van der Waals surface area contributed by atoms with E-state index in [9.17, 15) is 14.9 Å². The molecule has 0 saturated carbocycles. The first-order valence-electron chi connectivity index (χ1n) is 11.0. The lowest BCUT2D eigenvalue weighted by Crippen LogP contribution is -2.51. The molecule has 3 aromatic rings. The van der Waals surface area contributed by atoms with Crippen LogP contribution in [0.2, 0.25) is 0 Å². The number of nitro groups is 1. The highest BCUT2D eigenvalue weighted by Crippen LogP contribution is 2.35. The molecule has 1 saturated heterocycles. The largest absolute Gasteiger partial charge is 0.290 e. The Labute approximate surface area is 203 Å². The van der Waals surface area contributed by atoms with Gasteiger partial charge in [0.05, 0.1) is 22.4 Å². The van der Waals surface area contributed by atoms with E-state index in [1.807, 2.05) is 12.1 Å². The van der Waals surface area contributed by atoms with Gasteiger partial charge in [-0.2, -0.15) is 5.10 Å². The topological polar surface area (TPSA) is 87.8 Å². The Balaban J connectivity index is 1.27. The predicted octanol–water partition coefficient (Wildman–Crippen LogP) is 4.64. The molecule has 8 heteroatoms. The number of carbonyl (C=O) groups is 1. The summed E-state index contributed by atoms with van der Waals surface area (Å²) in [5, 5.41) is 15.3. The van der Waals surface area contributed by atoms with Crippen molar-refractivity contribution in [3.8, 4) is 0 Å². The van der Waals surface area contributed by atoms with Crippen LogP contribution in [0.1, 0.15) is 29.7 Å². The summed E-state index contributed by atoms with van der Waals surface area (Å²) >= 11 is 1.64. The zero-order valence-electron chi connectivity index (χ0n) is 18.8. The molecule has 1 fully saturated rings. The molecular weight excluding hydrogens is 448 g/mol. The minimum absolute atomic E-state index is 0.0216. The maximum absolute atomic E-state index is 12.3. The van der Waals surface area contributed by atoms with E-state index >= 15 is 0 Å². The van der Waals surface area contributed by atoms with E-state index in [0.29, 0.717) is 16.7 Å². The fourth-order valence-corrected chi connectivity index (χ4v) is 4.98. The van der Waals surface area contributed by atoms with Gasteiger partial charge in [0.2, 0.25) is 5.91 Å². The molecule has 0 atom stereocenters. The summed E-state index contributed by atoms with van der Waals surface area (Å²) in [6.45, 7) is 3.58. The van der Waals surface area contributed by atoms with Crippen molar-refractivity contribution in [1.29, 1.82) is 0 Å². The van der Waals surface area contributed by atoms with Crippen molar-refractivity contribution in [3.63, 3.8) is 0 Å². The van der Waals surface area contributed by atoms with E-state index in [4.69, 9.17) is 0 Å². The van der Waals surface area contributed by atoms with Gasteiger partial charge in [-0.15, -0.1) is 11.8 Å². The van der Waals surface area contributed by atoms with E-state index in [1.54, 1.807) is 30.8 Å². The Morgan fingerprint density at radius 3 is 2.12 bits per heavy atom. The average molecular weight is 475 g/mol. The molecule has 1 heterocycles. The molecule has 1 aliphatic heterocycles. The summed E-state index contributed by atoms with van der Waals surface area (Å²) in [5.41, 5.74) is 6.47. The summed E-state index contributed by atoms with van der Waals surface area (Å²) in [6, 6.07) is 27.3. The number of nitrogens with one attached hydrogen (secondary N) is 1. The van der Waals surface area contributed by atoms with Crippen LogP contribution >= 0.6 is 11.8 Å². The van der Waals surface area contributed by atoms with Gasteiger partial charge in [0, 0.05) is 30.5 Å². The fraction of sp³-hybridized carbons (Fsp3) is 0.231. The molecule has 1 N–H and O–H groups in total. The SMILES string of the molecule is CC(=NNC(=O)CSC1CN(C(c2ccccc2)c2ccccc2)C1)c1ccc([N+](=O)[O-])cc1. The van der Waals surface area contributed by atoms with Crippen LogP contribution in [0, 0.1) is 10.1 Å². The molecule has 0 bridgehead atoms. The number of hydrazone groups is 1. The average Bonchev–Trinajstić information content (AvgIpc) is 2.85. The third-order valence-corrected chi connectivity index (χ3v) is 6.96. The molecular formula is C26H26N4O3S. The van der Waals surface area contributed by atoms with Gasteiger partial charge >= 0.3 is 0 Å². The molecule has 4 rings (SSSR count). The number of likely N-dealkylation sites (tertiary alicyclic amines) is 1. The van der Waals surface area contributed by atoms with Gasteiger partial charge in [-0.25, -0.2) is 5.43 Å². The summed E-state index contributed by atoms with van der Waals surface area (Å²) in [7, 11) is 0. The number of hydrogen-bond acceptors (Lipinski definition) is 6. The number of rotatable bonds is 9. The van der Waals surface area contributed by atoms with Gasteiger partial charge in [-0.05, 0) is 35.7 Å². The number of nitrogens with zero attached hydrogens (tertiary/aromatic N) is 3. The van der Waals surface area contributed by atoms with Crippen LogP contribution < -0.4 is 5.43 Å². The predicted molar refractivity (Wildman–Crippen MR) is 136 cm³/mol. The molecule has 0 unspecified atom stereocenters. The number of nitro benzene ring substituents is 1. The number of carbonyl (C=O) groups excluding carboxylic acids is 1. The minimum Gasteiger partial charge on any atom is -0.290 e. The number of amides is 1. The first-order valence-corrected chi connectivity index (χ1v) is 12.1. The Bertz CT molecular complexity index is 1110. The van der Waals surface area contributed by atoms with E-state index in [-0.39, 0.29) is 17.6 Å². The molecule has 1 aliphatic rings. The summed E-state index contributed by atoms with van der Waals surface area (Å²) in [4.78, 5) is 25.0. The van der Waals surface area contributed by atoms with Crippen molar-refractivity contribution >= 4 is 29.1 Å². The van der Waals surface area contributed by atoms with E-state index in [1.165, 1.54) is 23.3 Å². The second kappa shape index (κ2) is 11.1. The Kier molecular flexibility index (Phi) is 7.72. The molecule has 3 aromatic carbocycles. The van der Waals surface area contributed by atoms with Crippen molar-refractivity contribution in [3.05, 3.63) is 112 Å². The van der Waals surface area contributed by atoms with Crippen LogP contribution in [0.15, 0.2) is 90.0 Å². The van der Waals surface area contributed by atoms with Crippen molar-refractivity contribution in [2.24, 2.45) is 5.10 Å². The highest BCUT2D eigenvalue weighted by atomic mass is 32.2. The van der Waals surface area contributed by atoms with E-state index in [0.717, 1.165) is 18.7 Å². The number of hydrogen-bond donors (Lipinski definition) is 1. The van der Waals surface area contributed by atoms with Gasteiger partial charge < -0.3 is 0 Å². The van der Waals surface area contributed by atoms with Crippen LogP contribution in [0.3, 0.4) is 0 Å². The molecule has 0 spiro atoms. The fourth-order valence-electron chi connectivity index (χ4n) is 3.93. The molecule has 1 amide bonds. The van der Waals surface area contributed by atoms with Gasteiger partial charge in [0.25, 0.3) is 5.69 Å². The quantitative estimate of drug-likeness (QED) is 0.277. The van der Waals surface area contributed by atoms with Gasteiger partial charge in [-0.1, -0.05) is 60.7 Å². The highest BCUT2D eigenvalue weighted by molar-refractivity contribution is 8.00. The molecule has 174 valence electrons. The number of thioether (sulfide) groups is 1. The first-order chi connectivity index (χ1) is 16.5. The first kappa shape index (κ1) is 23.7. The van der Waals surface area contributed by atoms with Gasteiger partial charge in [0.1, 0.15) is 0 Å². The summed E-state index contributed by atoms with van der Waals surface area (Å²) in [6.07, 6.45) is 0. The van der Waals surface area contributed by atoms with Crippen molar-refractivity contribution in [2.75, 3.05) is 18.8 Å². The number of non-ortho nitro benzene ring substituents is 1. The monoisotopic (exact) mass is 474 g/mol. The zero-order valence-corrected chi connectivity index (χ0v) is 19.7. The second-order valence-electron chi connectivity index (χ2n) is 8.15. The molecule has 7 nitrogen and oxygen atoms in total. The normalized spacial score (nSPS) is 14.6. The number of benzene rings is 3. The highest BCUT2D eigenvalue weighted by Gasteiger charge is 2.34. The third-order valence-electron chi connectivity index (χ3n) is 5.77. The lowest BCUT2D eigenvalue weighted by atomic mass is 9.94. The van der Waals surface area contributed by atoms with Crippen LogP contribution in [0.5, 0.6) is 0 Å². The third kappa shape index (κ3) is 5.89. The van der Waals surface area contributed by atoms with Crippen molar-refractivity contribution in [2.45, 2.75) is 18.2 Å². The maximum atomic E-state index is 12.3. The zero-order chi connectivity index (χ0) is 23.9. The van der Waals surface area contributed by atoms with Crippen LogP contribution in [-0.4, -0.2) is 45.5 Å². The van der Waals surface area contributed by atoms with E-state index < -0.39 is 4.92 Å². The molecule has 0 aliphatic carbocycles. The lowest BCUT2D eigenvalue weighted by molar-refractivity contribution is -0.384. The Morgan fingerprint density at radius 2 is 1.59 bits per heavy atom. The van der Waals surface area contributed by atoms with E-state index in [2.05, 4.69) is 64.0 Å². The Morgan fingerprint density at radius 1 is 1.03 bits per heavy atom. The smallest absolute Gasteiger partial charge is 0.269 e.